The van der Waals surface area contributed by atoms with Crippen LogP contribution in [0.25, 0.3) is 11.3 Å². The van der Waals surface area contributed by atoms with Crippen molar-refractivity contribution in [1.29, 1.82) is 0 Å². The highest BCUT2D eigenvalue weighted by Gasteiger charge is 2.13. The molecule has 1 heterocycles. The van der Waals surface area contributed by atoms with Crippen molar-refractivity contribution in [2.45, 2.75) is 6.92 Å². The van der Waals surface area contributed by atoms with E-state index < -0.39 is 0 Å². The van der Waals surface area contributed by atoms with Crippen molar-refractivity contribution in [3.63, 3.8) is 0 Å². The number of nitrogens with zero attached hydrogens (tertiary/aromatic N) is 3. The van der Waals surface area contributed by atoms with Crippen LogP contribution < -0.4 is 5.32 Å². The van der Waals surface area contributed by atoms with E-state index in [2.05, 4.69) is 15.4 Å². The topological polar surface area (TPSA) is 59.3 Å². The summed E-state index contributed by atoms with van der Waals surface area (Å²) in [7, 11) is 0. The van der Waals surface area contributed by atoms with Crippen LogP contribution in [0.15, 0.2) is 59.8 Å². The second kappa shape index (κ2) is 7.51. The molecule has 5 nitrogen and oxygen atoms in total. The van der Waals surface area contributed by atoms with Gasteiger partial charge in [-0.15, -0.1) is 0 Å². The van der Waals surface area contributed by atoms with Crippen molar-refractivity contribution in [3.8, 4) is 11.3 Å². The number of hydrogen-bond donors (Lipinski definition) is 1. The minimum Gasteiger partial charge on any atom is -0.295 e. The number of halogens is 2. The Morgan fingerprint density at radius 3 is 2.64 bits per heavy atom. The normalized spacial score (nSPS) is 11.0. The third kappa shape index (κ3) is 4.26. The second-order valence-electron chi connectivity index (χ2n) is 5.25. The van der Waals surface area contributed by atoms with Crippen LogP contribution >= 0.6 is 23.2 Å². The quantitative estimate of drug-likeness (QED) is 0.674. The predicted molar refractivity (Wildman–Crippen MR) is 101 cm³/mol. The van der Waals surface area contributed by atoms with Gasteiger partial charge < -0.3 is 0 Å². The molecule has 0 fully saturated rings. The number of rotatable bonds is 4. The third-order valence-electron chi connectivity index (χ3n) is 3.31. The minimum absolute atomic E-state index is 0.240. The molecule has 3 rings (SSSR count). The van der Waals surface area contributed by atoms with Crippen molar-refractivity contribution in [1.82, 2.24) is 9.66 Å². The Labute approximate surface area is 154 Å². The van der Waals surface area contributed by atoms with Gasteiger partial charge in [0, 0.05) is 17.5 Å². The lowest BCUT2D eigenvalue weighted by atomic mass is 10.2. The molecule has 126 valence electrons. The number of anilines is 1. The first-order chi connectivity index (χ1) is 12.0. The molecule has 1 amide bonds. The van der Waals surface area contributed by atoms with Crippen LogP contribution in [-0.2, 0) is 4.79 Å². The van der Waals surface area contributed by atoms with Gasteiger partial charge in [-0.1, -0.05) is 53.5 Å². The summed E-state index contributed by atoms with van der Waals surface area (Å²) in [6.45, 7) is 1.41. The maximum atomic E-state index is 11.4. The van der Waals surface area contributed by atoms with Crippen LogP contribution in [0, 0.1) is 0 Å². The summed E-state index contributed by atoms with van der Waals surface area (Å²) in [4.78, 5) is 15.9. The van der Waals surface area contributed by atoms with Gasteiger partial charge in [0.2, 0.25) is 11.9 Å². The molecule has 0 atom stereocenters. The van der Waals surface area contributed by atoms with Crippen molar-refractivity contribution in [3.05, 3.63) is 70.3 Å². The molecule has 3 aromatic rings. The van der Waals surface area contributed by atoms with Crippen LogP contribution in [0.5, 0.6) is 0 Å². The highest BCUT2D eigenvalue weighted by molar-refractivity contribution is 6.36. The van der Waals surface area contributed by atoms with Crippen molar-refractivity contribution in [2.24, 2.45) is 5.10 Å². The first-order valence-electron chi connectivity index (χ1n) is 7.45. The van der Waals surface area contributed by atoms with E-state index in [0.29, 0.717) is 27.3 Å². The first kappa shape index (κ1) is 17.2. The Balaban J connectivity index is 2.00. The average Bonchev–Trinajstić information content (AvgIpc) is 2.95. The lowest BCUT2D eigenvalue weighted by Crippen LogP contribution is -2.10. The molecule has 0 bridgehead atoms. The summed E-state index contributed by atoms with van der Waals surface area (Å²) in [5.41, 5.74) is 2.21. The largest absolute Gasteiger partial charge is 0.295 e. The zero-order valence-corrected chi connectivity index (χ0v) is 14.8. The highest BCUT2D eigenvalue weighted by atomic mass is 35.5. The van der Waals surface area contributed by atoms with Gasteiger partial charge in [-0.05, 0) is 23.8 Å². The molecule has 0 radical (unpaired) electrons. The Morgan fingerprint density at radius 1 is 1.20 bits per heavy atom. The van der Waals surface area contributed by atoms with E-state index in [9.17, 15) is 4.79 Å². The molecule has 0 aliphatic rings. The smallest absolute Gasteiger partial charge is 0.231 e. The van der Waals surface area contributed by atoms with Crippen LogP contribution in [0.2, 0.25) is 10.0 Å². The number of amides is 1. The van der Waals surface area contributed by atoms with E-state index in [1.807, 2.05) is 30.3 Å². The number of aromatic nitrogens is 2. The number of imidazole rings is 1. The van der Waals surface area contributed by atoms with Gasteiger partial charge in [0.1, 0.15) is 0 Å². The van der Waals surface area contributed by atoms with Gasteiger partial charge in [-0.3, -0.25) is 10.1 Å². The van der Waals surface area contributed by atoms with Gasteiger partial charge in [0.15, 0.2) is 0 Å². The fourth-order valence-corrected chi connectivity index (χ4v) is 2.70. The van der Waals surface area contributed by atoms with Crippen LogP contribution in [0.1, 0.15) is 12.5 Å². The van der Waals surface area contributed by atoms with E-state index in [4.69, 9.17) is 23.2 Å². The van der Waals surface area contributed by atoms with E-state index in [1.54, 1.807) is 30.6 Å². The van der Waals surface area contributed by atoms with E-state index in [0.717, 1.165) is 5.56 Å². The molecular formula is C18H14Cl2N4O. The maximum Gasteiger partial charge on any atom is 0.231 e. The van der Waals surface area contributed by atoms with Crippen molar-refractivity contribution >= 4 is 41.3 Å². The van der Waals surface area contributed by atoms with Crippen LogP contribution in [0.4, 0.5) is 5.95 Å². The van der Waals surface area contributed by atoms with Gasteiger partial charge in [0.05, 0.1) is 23.1 Å². The summed E-state index contributed by atoms with van der Waals surface area (Å²) in [5, 5.41) is 8.04. The van der Waals surface area contributed by atoms with E-state index >= 15 is 0 Å². The summed E-state index contributed by atoms with van der Waals surface area (Å²) in [6, 6.07) is 14.8. The number of carbonyl (C=O) groups is 1. The van der Waals surface area contributed by atoms with Gasteiger partial charge in [-0.25, -0.2) is 9.66 Å². The van der Waals surface area contributed by atoms with Crippen molar-refractivity contribution in [2.75, 3.05) is 5.32 Å². The summed E-state index contributed by atoms with van der Waals surface area (Å²) >= 11 is 12.2. The zero-order chi connectivity index (χ0) is 17.8. The summed E-state index contributed by atoms with van der Waals surface area (Å²) < 4.78 is 1.49. The Morgan fingerprint density at radius 2 is 1.96 bits per heavy atom. The minimum atomic E-state index is -0.240. The fraction of sp³-hybridized carbons (Fsp3) is 0.0556. The summed E-state index contributed by atoms with van der Waals surface area (Å²) in [6.07, 6.45) is 3.38. The Kier molecular flexibility index (Phi) is 5.16. The zero-order valence-electron chi connectivity index (χ0n) is 13.3. The van der Waals surface area contributed by atoms with Crippen molar-refractivity contribution < 1.29 is 4.79 Å². The van der Waals surface area contributed by atoms with E-state index in [-0.39, 0.29) is 5.91 Å². The lowest BCUT2D eigenvalue weighted by Gasteiger charge is -2.01. The predicted octanol–water partition coefficient (Wildman–Crippen LogP) is 4.70. The number of hydrogen-bond acceptors (Lipinski definition) is 3. The number of nitrogens with one attached hydrogen (secondary N) is 1. The van der Waals surface area contributed by atoms with E-state index in [1.165, 1.54) is 11.6 Å². The molecule has 0 saturated carbocycles. The molecule has 7 heteroatoms. The standard InChI is InChI=1S/C18H14Cl2N4O/c1-12(25)22-18-23-17(15-8-7-14(19)9-16(15)20)11-24(18)21-10-13-5-3-2-4-6-13/h2-11H,1H3,(H,22,23,25)/b21-10+. The Hall–Kier alpha value is -2.63. The molecule has 1 aromatic heterocycles. The van der Waals surface area contributed by atoms with Gasteiger partial charge >= 0.3 is 0 Å². The molecule has 0 aliphatic heterocycles. The first-order valence-corrected chi connectivity index (χ1v) is 8.20. The molecule has 0 unspecified atom stereocenters. The summed E-state index contributed by atoms with van der Waals surface area (Å²) in [5.74, 6) is 0.0659. The fourth-order valence-electron chi connectivity index (χ4n) is 2.20. The maximum absolute atomic E-state index is 11.4. The Bertz CT molecular complexity index is 936. The molecule has 2 aromatic carbocycles. The average molecular weight is 373 g/mol. The second-order valence-corrected chi connectivity index (χ2v) is 6.10. The molecule has 1 N–H and O–H groups in total. The molecule has 25 heavy (non-hydrogen) atoms. The molecular weight excluding hydrogens is 359 g/mol. The monoisotopic (exact) mass is 372 g/mol. The van der Waals surface area contributed by atoms with Crippen LogP contribution in [0.3, 0.4) is 0 Å². The molecule has 0 aliphatic carbocycles. The van der Waals surface area contributed by atoms with Gasteiger partial charge in [0.25, 0.3) is 0 Å². The highest BCUT2D eigenvalue weighted by Crippen LogP contribution is 2.30. The third-order valence-corrected chi connectivity index (χ3v) is 3.86. The van der Waals surface area contributed by atoms with Gasteiger partial charge in [-0.2, -0.15) is 5.10 Å². The lowest BCUT2D eigenvalue weighted by molar-refractivity contribution is -0.114. The van der Waals surface area contributed by atoms with Crippen LogP contribution in [-0.4, -0.2) is 21.8 Å². The number of carbonyl (C=O) groups excluding carboxylic acids is 1. The molecule has 0 spiro atoms. The molecule has 0 saturated heterocycles. The number of benzene rings is 2. The SMILES string of the molecule is CC(=O)Nc1nc(-c2ccc(Cl)cc2Cl)cn1/N=C/c1ccccc1.